The van der Waals surface area contributed by atoms with Crippen LogP contribution in [0.2, 0.25) is 0 Å². The minimum absolute atomic E-state index is 0.137. The van der Waals surface area contributed by atoms with Gasteiger partial charge in [-0.25, -0.2) is 9.97 Å². The van der Waals surface area contributed by atoms with E-state index in [1.807, 2.05) is 25.1 Å². The fraction of sp³-hybridized carbons (Fsp3) is 0.450. The summed E-state index contributed by atoms with van der Waals surface area (Å²) in [6, 6.07) is 10.3. The molecule has 0 spiro atoms. The number of nitrogen functional groups attached to an aromatic ring is 1. The Hall–Kier alpha value is -2.83. The van der Waals surface area contributed by atoms with Gasteiger partial charge in [0.1, 0.15) is 12.0 Å². The second-order valence-electron chi connectivity index (χ2n) is 6.66. The highest BCUT2D eigenvalue weighted by Crippen LogP contribution is 2.30. The maximum Gasteiger partial charge on any atom is 0.310 e. The minimum atomic E-state index is -0.143. The maximum absolute atomic E-state index is 12.1. The minimum Gasteiger partial charge on any atom is -0.466 e. The zero-order valence-electron chi connectivity index (χ0n) is 15.7. The van der Waals surface area contributed by atoms with Gasteiger partial charge in [-0.3, -0.25) is 4.79 Å². The monoisotopic (exact) mass is 369 g/mol. The molecule has 3 rings (SSSR count). The molecule has 1 saturated heterocycles. The fourth-order valence-corrected chi connectivity index (χ4v) is 3.37. The summed E-state index contributed by atoms with van der Waals surface area (Å²) in [6.45, 7) is 4.36. The fourth-order valence-electron chi connectivity index (χ4n) is 3.37. The van der Waals surface area contributed by atoms with E-state index in [0.29, 0.717) is 30.5 Å². The van der Waals surface area contributed by atoms with Crippen LogP contribution in [-0.2, 0) is 16.0 Å². The van der Waals surface area contributed by atoms with Crippen molar-refractivity contribution in [1.82, 2.24) is 9.97 Å². The number of piperidine rings is 1. The molecule has 1 aromatic carbocycles. The van der Waals surface area contributed by atoms with Crippen molar-refractivity contribution in [2.45, 2.75) is 26.2 Å². The summed E-state index contributed by atoms with van der Waals surface area (Å²) < 4.78 is 5.17. The smallest absolute Gasteiger partial charge is 0.310 e. The third-order valence-electron chi connectivity index (χ3n) is 4.75. The van der Waals surface area contributed by atoms with Gasteiger partial charge in [-0.05, 0) is 31.7 Å². The lowest BCUT2D eigenvalue weighted by Gasteiger charge is -2.33. The molecule has 144 valence electrons. The van der Waals surface area contributed by atoms with Gasteiger partial charge in [-0.2, -0.15) is 0 Å². The molecule has 7 nitrogen and oxygen atoms in total. The van der Waals surface area contributed by atoms with Crippen LogP contribution in [-0.4, -0.2) is 42.2 Å². The number of esters is 1. The number of nitrogens with one attached hydrogen (secondary N) is 1. The molecule has 7 heteroatoms. The van der Waals surface area contributed by atoms with Crippen LogP contribution >= 0.6 is 0 Å². The Labute approximate surface area is 159 Å². The van der Waals surface area contributed by atoms with E-state index in [1.54, 1.807) is 0 Å². The number of nitrogens with zero attached hydrogens (tertiary/aromatic N) is 3. The Bertz CT molecular complexity index is 753. The van der Waals surface area contributed by atoms with Crippen molar-refractivity contribution in [3.05, 3.63) is 42.2 Å². The molecular formula is C20H27N5O2. The molecule has 1 unspecified atom stereocenters. The second-order valence-corrected chi connectivity index (χ2v) is 6.66. The summed E-state index contributed by atoms with van der Waals surface area (Å²) in [5, 5.41) is 3.30. The number of aromatic nitrogens is 2. The first-order valence-corrected chi connectivity index (χ1v) is 9.49. The quantitative estimate of drug-likeness (QED) is 0.724. The largest absolute Gasteiger partial charge is 0.466 e. The first kappa shape index (κ1) is 18.9. The van der Waals surface area contributed by atoms with Crippen LogP contribution in [0, 0.1) is 5.92 Å². The van der Waals surface area contributed by atoms with Crippen molar-refractivity contribution >= 4 is 23.3 Å². The molecule has 0 saturated carbocycles. The van der Waals surface area contributed by atoms with Crippen LogP contribution < -0.4 is 16.0 Å². The van der Waals surface area contributed by atoms with Crippen molar-refractivity contribution in [2.24, 2.45) is 5.92 Å². The Morgan fingerprint density at radius 2 is 2.15 bits per heavy atom. The van der Waals surface area contributed by atoms with E-state index in [0.717, 1.165) is 32.4 Å². The average Bonchev–Trinajstić information content (AvgIpc) is 2.70. The van der Waals surface area contributed by atoms with Crippen LogP contribution in [0.15, 0.2) is 36.7 Å². The van der Waals surface area contributed by atoms with Crippen LogP contribution in [0.3, 0.4) is 0 Å². The zero-order valence-corrected chi connectivity index (χ0v) is 15.7. The number of benzene rings is 1. The molecule has 0 amide bonds. The number of carbonyl (C=O) groups is 1. The highest BCUT2D eigenvalue weighted by Gasteiger charge is 2.28. The molecule has 3 N–H and O–H groups in total. The van der Waals surface area contributed by atoms with Gasteiger partial charge in [0.15, 0.2) is 11.6 Å². The van der Waals surface area contributed by atoms with Crippen LogP contribution in [0.4, 0.5) is 17.3 Å². The van der Waals surface area contributed by atoms with Gasteiger partial charge >= 0.3 is 5.97 Å². The third-order valence-corrected chi connectivity index (χ3v) is 4.75. The molecule has 1 aliphatic heterocycles. The van der Waals surface area contributed by atoms with Crippen LogP contribution in [0.25, 0.3) is 0 Å². The molecule has 1 fully saturated rings. The number of nitrogens with two attached hydrogens (primary N) is 1. The summed E-state index contributed by atoms with van der Waals surface area (Å²) >= 11 is 0. The lowest BCUT2D eigenvalue weighted by Crippen LogP contribution is -2.40. The highest BCUT2D eigenvalue weighted by atomic mass is 16.5. The average molecular weight is 369 g/mol. The van der Waals surface area contributed by atoms with E-state index in [4.69, 9.17) is 10.5 Å². The third kappa shape index (κ3) is 4.87. The Morgan fingerprint density at radius 3 is 2.93 bits per heavy atom. The number of anilines is 3. The molecule has 2 heterocycles. The van der Waals surface area contributed by atoms with Crippen molar-refractivity contribution < 1.29 is 9.53 Å². The molecular weight excluding hydrogens is 342 g/mol. The molecule has 0 aliphatic carbocycles. The maximum atomic E-state index is 12.1. The van der Waals surface area contributed by atoms with E-state index in [1.165, 1.54) is 11.9 Å². The van der Waals surface area contributed by atoms with Gasteiger partial charge in [0, 0.05) is 19.6 Å². The predicted molar refractivity (Wildman–Crippen MR) is 107 cm³/mol. The lowest BCUT2D eigenvalue weighted by molar-refractivity contribution is -0.148. The standard InChI is InChI=1S/C20H27N5O2/c1-2-27-20(26)16-9-6-12-25(13-16)19-17(21)18(23-14-24-19)22-11-10-15-7-4-3-5-8-15/h3-5,7-8,14,16H,2,6,9-13,21H2,1H3,(H,22,23,24). The number of hydrogen-bond acceptors (Lipinski definition) is 7. The van der Waals surface area contributed by atoms with Gasteiger partial charge < -0.3 is 20.7 Å². The molecule has 2 aromatic rings. The number of rotatable bonds is 7. The van der Waals surface area contributed by atoms with E-state index in [9.17, 15) is 4.79 Å². The Morgan fingerprint density at radius 1 is 1.33 bits per heavy atom. The topological polar surface area (TPSA) is 93.4 Å². The van der Waals surface area contributed by atoms with E-state index in [-0.39, 0.29) is 11.9 Å². The van der Waals surface area contributed by atoms with Gasteiger partial charge in [0.05, 0.1) is 12.5 Å². The van der Waals surface area contributed by atoms with Gasteiger partial charge in [0.25, 0.3) is 0 Å². The normalized spacial score (nSPS) is 16.8. The summed E-state index contributed by atoms with van der Waals surface area (Å²) in [6.07, 6.45) is 4.14. The van der Waals surface area contributed by atoms with Gasteiger partial charge in [-0.1, -0.05) is 30.3 Å². The first-order chi connectivity index (χ1) is 13.2. The van der Waals surface area contributed by atoms with E-state index in [2.05, 4.69) is 32.3 Å². The zero-order chi connectivity index (χ0) is 19.1. The summed E-state index contributed by atoms with van der Waals surface area (Å²) in [5.74, 6) is 1.04. The summed E-state index contributed by atoms with van der Waals surface area (Å²) in [7, 11) is 0. The predicted octanol–water partition coefficient (Wildman–Crippen LogP) is 2.49. The van der Waals surface area contributed by atoms with Crippen LogP contribution in [0.1, 0.15) is 25.3 Å². The molecule has 27 heavy (non-hydrogen) atoms. The Balaban J connectivity index is 1.64. The van der Waals surface area contributed by atoms with Crippen molar-refractivity contribution in [2.75, 3.05) is 42.2 Å². The number of ether oxygens (including phenoxy) is 1. The molecule has 0 radical (unpaired) electrons. The Kier molecular flexibility index (Phi) is 6.46. The summed E-state index contributed by atoms with van der Waals surface area (Å²) in [4.78, 5) is 22.8. The van der Waals surface area contributed by atoms with E-state index < -0.39 is 0 Å². The number of carbonyl (C=O) groups excluding carboxylic acids is 1. The van der Waals surface area contributed by atoms with Gasteiger partial charge in [-0.15, -0.1) is 0 Å². The highest BCUT2D eigenvalue weighted by molar-refractivity contribution is 5.77. The lowest BCUT2D eigenvalue weighted by atomic mass is 9.98. The molecule has 0 bridgehead atoms. The first-order valence-electron chi connectivity index (χ1n) is 9.49. The van der Waals surface area contributed by atoms with Crippen LogP contribution in [0.5, 0.6) is 0 Å². The summed E-state index contributed by atoms with van der Waals surface area (Å²) in [5.41, 5.74) is 8.11. The second kappa shape index (κ2) is 9.21. The SMILES string of the molecule is CCOC(=O)C1CCCN(c2ncnc(NCCc3ccccc3)c2N)C1. The number of hydrogen-bond donors (Lipinski definition) is 2. The van der Waals surface area contributed by atoms with Gasteiger partial charge in [0.2, 0.25) is 0 Å². The van der Waals surface area contributed by atoms with E-state index >= 15 is 0 Å². The molecule has 1 aromatic heterocycles. The molecule has 1 atom stereocenters. The van der Waals surface area contributed by atoms with Crippen molar-refractivity contribution in [1.29, 1.82) is 0 Å². The van der Waals surface area contributed by atoms with Crippen molar-refractivity contribution in [3.63, 3.8) is 0 Å². The molecule has 1 aliphatic rings. The van der Waals surface area contributed by atoms with Crippen molar-refractivity contribution in [3.8, 4) is 0 Å².